The molecule has 3 aromatic carbocycles. The molecule has 7 heteroatoms. The van der Waals surface area contributed by atoms with E-state index in [2.05, 4.69) is 10.3 Å². The number of rotatable bonds is 6. The lowest BCUT2D eigenvalue weighted by molar-refractivity contribution is -0.111. The van der Waals surface area contributed by atoms with Gasteiger partial charge in [-0.15, -0.1) is 0 Å². The topological polar surface area (TPSA) is 64.4 Å². The molecule has 0 spiro atoms. The van der Waals surface area contributed by atoms with Crippen LogP contribution in [0.25, 0.3) is 37.9 Å². The van der Waals surface area contributed by atoms with E-state index in [0.29, 0.717) is 22.5 Å². The number of allylic oxidation sites excluding steroid dienone is 1. The molecule has 0 saturated heterocycles. The Hall–Kier alpha value is -3.61. The summed E-state index contributed by atoms with van der Waals surface area (Å²) in [7, 11) is 0. The second-order valence-corrected chi connectivity index (χ2v) is 9.21. The van der Waals surface area contributed by atoms with Crippen LogP contribution in [0.2, 0.25) is 5.02 Å². The SMILES string of the molecule is CCOc1cc2occ(-c3ccccc3)c2cc1/C(C)=C/C(=O)Nc1nc2ccc(Cl)cc2s1. The number of furan rings is 1. The lowest BCUT2D eigenvalue weighted by Crippen LogP contribution is -2.08. The summed E-state index contributed by atoms with van der Waals surface area (Å²) in [6, 6.07) is 19.4. The number of ether oxygens (including phenoxy) is 1. The summed E-state index contributed by atoms with van der Waals surface area (Å²) in [6.45, 7) is 4.32. The highest BCUT2D eigenvalue weighted by Crippen LogP contribution is 2.37. The van der Waals surface area contributed by atoms with Crippen molar-refractivity contribution in [3.63, 3.8) is 0 Å². The Bertz CT molecular complexity index is 1540. The highest BCUT2D eigenvalue weighted by molar-refractivity contribution is 7.22. The van der Waals surface area contributed by atoms with Crippen LogP contribution in [0.1, 0.15) is 19.4 Å². The zero-order valence-electron chi connectivity index (χ0n) is 18.6. The molecule has 0 aliphatic carbocycles. The van der Waals surface area contributed by atoms with Crippen LogP contribution < -0.4 is 10.1 Å². The van der Waals surface area contributed by atoms with Crippen molar-refractivity contribution in [1.29, 1.82) is 0 Å². The van der Waals surface area contributed by atoms with Crippen molar-refractivity contribution in [2.24, 2.45) is 0 Å². The van der Waals surface area contributed by atoms with Crippen LogP contribution >= 0.6 is 22.9 Å². The Kier molecular flexibility index (Phi) is 6.09. The average molecular weight is 489 g/mol. The standard InChI is InChI=1S/C27H21ClN2O3S/c1-3-32-23-14-24-20(21(15-33-24)17-7-5-4-6-8-17)13-19(23)16(2)11-26(31)30-27-29-22-10-9-18(28)12-25(22)34-27/h4-15H,3H2,1-2H3,(H,29,30,31)/b16-11+. The monoisotopic (exact) mass is 488 g/mol. The summed E-state index contributed by atoms with van der Waals surface area (Å²) >= 11 is 7.44. The molecule has 0 unspecified atom stereocenters. The Morgan fingerprint density at radius 3 is 2.79 bits per heavy atom. The third-order valence-corrected chi connectivity index (χ3v) is 6.58. The molecule has 2 heterocycles. The van der Waals surface area contributed by atoms with Gasteiger partial charge in [-0.05, 0) is 49.2 Å². The van der Waals surface area contributed by atoms with Gasteiger partial charge < -0.3 is 9.15 Å². The number of carbonyl (C=O) groups excluding carboxylic acids is 1. The number of hydrogen-bond donors (Lipinski definition) is 1. The lowest BCUT2D eigenvalue weighted by atomic mass is 9.99. The van der Waals surface area contributed by atoms with Gasteiger partial charge in [0.25, 0.3) is 0 Å². The Morgan fingerprint density at radius 1 is 1.18 bits per heavy atom. The molecule has 1 N–H and O–H groups in total. The number of benzene rings is 3. The van der Waals surface area contributed by atoms with E-state index < -0.39 is 0 Å². The van der Waals surface area contributed by atoms with Gasteiger partial charge in [-0.2, -0.15) is 0 Å². The zero-order valence-corrected chi connectivity index (χ0v) is 20.2. The van der Waals surface area contributed by atoms with E-state index in [0.717, 1.165) is 43.4 Å². The molecule has 5 aromatic rings. The Labute approximate surface area is 205 Å². The number of nitrogens with one attached hydrogen (secondary N) is 1. The molecular formula is C27H21ClN2O3S. The van der Waals surface area contributed by atoms with Gasteiger partial charge in [-0.3, -0.25) is 10.1 Å². The number of halogens is 1. The molecule has 5 nitrogen and oxygen atoms in total. The Morgan fingerprint density at radius 2 is 2.00 bits per heavy atom. The Balaban J connectivity index is 1.49. The van der Waals surface area contributed by atoms with Crippen LogP contribution in [-0.4, -0.2) is 17.5 Å². The van der Waals surface area contributed by atoms with Crippen molar-refractivity contribution in [3.05, 3.63) is 83.6 Å². The van der Waals surface area contributed by atoms with E-state index in [1.165, 1.54) is 11.3 Å². The molecule has 1 amide bonds. The fourth-order valence-electron chi connectivity index (χ4n) is 3.85. The highest BCUT2D eigenvalue weighted by Gasteiger charge is 2.16. The number of amides is 1. The minimum atomic E-state index is -0.263. The van der Waals surface area contributed by atoms with Crippen molar-refractivity contribution in [1.82, 2.24) is 4.98 Å². The number of fused-ring (bicyclic) bond motifs is 2. The second-order valence-electron chi connectivity index (χ2n) is 7.74. The van der Waals surface area contributed by atoms with Gasteiger partial charge in [0.2, 0.25) is 5.91 Å². The van der Waals surface area contributed by atoms with Gasteiger partial charge >= 0.3 is 0 Å². The minimum absolute atomic E-state index is 0.263. The van der Waals surface area contributed by atoms with Gasteiger partial charge in [0, 0.05) is 33.7 Å². The van der Waals surface area contributed by atoms with Crippen LogP contribution in [0.4, 0.5) is 5.13 Å². The van der Waals surface area contributed by atoms with Crippen LogP contribution in [0.3, 0.4) is 0 Å². The maximum atomic E-state index is 12.8. The smallest absolute Gasteiger partial charge is 0.250 e. The number of aromatic nitrogens is 1. The first-order valence-electron chi connectivity index (χ1n) is 10.8. The minimum Gasteiger partial charge on any atom is -0.493 e. The van der Waals surface area contributed by atoms with E-state index in [1.54, 1.807) is 18.4 Å². The van der Waals surface area contributed by atoms with E-state index in [4.69, 9.17) is 20.8 Å². The molecule has 0 atom stereocenters. The summed E-state index contributed by atoms with van der Waals surface area (Å²) < 4.78 is 12.6. The van der Waals surface area contributed by atoms with Gasteiger partial charge in [0.15, 0.2) is 5.13 Å². The van der Waals surface area contributed by atoms with Crippen molar-refractivity contribution in [3.8, 4) is 16.9 Å². The number of hydrogen-bond acceptors (Lipinski definition) is 5. The maximum absolute atomic E-state index is 12.8. The highest BCUT2D eigenvalue weighted by atomic mass is 35.5. The first kappa shape index (κ1) is 22.2. The van der Waals surface area contributed by atoms with Gasteiger partial charge in [-0.25, -0.2) is 4.98 Å². The third-order valence-electron chi connectivity index (χ3n) is 5.41. The first-order valence-corrected chi connectivity index (χ1v) is 12.0. The summed E-state index contributed by atoms with van der Waals surface area (Å²) in [6.07, 6.45) is 3.32. The first-order chi connectivity index (χ1) is 16.5. The number of nitrogens with zero attached hydrogens (tertiary/aromatic N) is 1. The van der Waals surface area contributed by atoms with Crippen molar-refractivity contribution < 1.29 is 13.9 Å². The molecule has 170 valence electrons. The van der Waals surface area contributed by atoms with Crippen LogP contribution in [0.5, 0.6) is 5.75 Å². The largest absolute Gasteiger partial charge is 0.493 e. The second kappa shape index (κ2) is 9.33. The average Bonchev–Trinajstić information content (AvgIpc) is 3.41. The number of thiazole rings is 1. The van der Waals surface area contributed by atoms with E-state index in [-0.39, 0.29) is 5.91 Å². The normalized spacial score (nSPS) is 11.8. The summed E-state index contributed by atoms with van der Waals surface area (Å²) in [5.41, 5.74) is 5.18. The molecule has 0 aliphatic heterocycles. The summed E-state index contributed by atoms with van der Waals surface area (Å²) in [5.74, 6) is 0.404. The van der Waals surface area contributed by atoms with Crippen LogP contribution in [0, 0.1) is 0 Å². The maximum Gasteiger partial charge on any atom is 0.250 e. The zero-order chi connectivity index (χ0) is 23.7. The number of anilines is 1. The summed E-state index contributed by atoms with van der Waals surface area (Å²) in [4.78, 5) is 17.3. The van der Waals surface area contributed by atoms with Gasteiger partial charge in [0.1, 0.15) is 11.3 Å². The molecule has 2 aromatic heterocycles. The van der Waals surface area contributed by atoms with Crippen LogP contribution in [-0.2, 0) is 4.79 Å². The quantitative estimate of drug-likeness (QED) is 0.247. The molecule has 0 bridgehead atoms. The molecular weight excluding hydrogens is 468 g/mol. The van der Waals surface area contributed by atoms with E-state index in [1.807, 2.05) is 68.4 Å². The van der Waals surface area contributed by atoms with Crippen molar-refractivity contribution >= 4 is 60.7 Å². The van der Waals surface area contributed by atoms with E-state index in [9.17, 15) is 4.79 Å². The molecule has 34 heavy (non-hydrogen) atoms. The molecule has 0 aliphatic rings. The predicted octanol–water partition coefficient (Wildman–Crippen LogP) is 7.80. The number of carbonyl (C=O) groups is 1. The predicted molar refractivity (Wildman–Crippen MR) is 140 cm³/mol. The summed E-state index contributed by atoms with van der Waals surface area (Å²) in [5, 5.41) is 4.98. The van der Waals surface area contributed by atoms with Crippen molar-refractivity contribution in [2.45, 2.75) is 13.8 Å². The molecule has 0 saturated carbocycles. The fraction of sp³-hybridized carbons (Fsp3) is 0.111. The van der Waals surface area contributed by atoms with Crippen molar-refractivity contribution in [2.75, 3.05) is 11.9 Å². The van der Waals surface area contributed by atoms with Crippen LogP contribution in [0.15, 0.2) is 77.4 Å². The molecule has 0 fully saturated rings. The van der Waals surface area contributed by atoms with Gasteiger partial charge in [-0.1, -0.05) is 53.3 Å². The third kappa shape index (κ3) is 4.42. The lowest BCUT2D eigenvalue weighted by Gasteiger charge is -2.11. The fourth-order valence-corrected chi connectivity index (χ4v) is 4.99. The molecule has 0 radical (unpaired) electrons. The van der Waals surface area contributed by atoms with E-state index >= 15 is 0 Å². The van der Waals surface area contributed by atoms with Gasteiger partial charge in [0.05, 0.1) is 23.1 Å². The molecule has 5 rings (SSSR count).